The van der Waals surface area contributed by atoms with Crippen molar-refractivity contribution in [2.75, 3.05) is 13.7 Å². The molecular formula is C18H12BrFO4. The third-order valence-corrected chi connectivity index (χ3v) is 4.49. The van der Waals surface area contributed by atoms with Crippen LogP contribution >= 0.6 is 15.9 Å². The van der Waals surface area contributed by atoms with Crippen LogP contribution in [0.5, 0.6) is 11.5 Å². The normalized spacial score (nSPS) is 13.8. The summed E-state index contributed by atoms with van der Waals surface area (Å²) in [5.74, 6) is -0.289. The first-order chi connectivity index (χ1) is 11.5. The van der Waals surface area contributed by atoms with Gasteiger partial charge < -0.3 is 9.47 Å². The van der Waals surface area contributed by atoms with Gasteiger partial charge in [0.1, 0.15) is 23.9 Å². The molecule has 0 amide bonds. The van der Waals surface area contributed by atoms with E-state index < -0.39 is 0 Å². The number of rotatable bonds is 4. The predicted molar refractivity (Wildman–Crippen MR) is 89.5 cm³/mol. The molecule has 122 valence electrons. The lowest BCUT2D eigenvalue weighted by atomic mass is 9.89. The zero-order valence-corrected chi connectivity index (χ0v) is 14.2. The van der Waals surface area contributed by atoms with Gasteiger partial charge in [0.05, 0.1) is 22.7 Å². The number of carbonyl (C=O) groups is 2. The van der Waals surface area contributed by atoms with Crippen LogP contribution in [0.3, 0.4) is 0 Å². The minimum Gasteiger partial charge on any atom is -0.496 e. The summed E-state index contributed by atoms with van der Waals surface area (Å²) in [5, 5.41) is 0. The molecule has 24 heavy (non-hydrogen) atoms. The molecule has 0 unspecified atom stereocenters. The van der Waals surface area contributed by atoms with Crippen molar-refractivity contribution in [1.82, 2.24) is 0 Å². The van der Waals surface area contributed by atoms with Crippen LogP contribution in [0, 0.1) is 5.82 Å². The number of fused-ring (bicyclic) bond motifs is 1. The number of hydrogen-bond donors (Lipinski definition) is 0. The molecule has 0 bridgehead atoms. The lowest BCUT2D eigenvalue weighted by Gasteiger charge is -2.20. The topological polar surface area (TPSA) is 52.6 Å². The average molecular weight is 391 g/mol. The number of carbonyl (C=O) groups excluding carboxylic acids is 2. The molecule has 0 fully saturated rings. The maximum absolute atomic E-state index is 12.9. The second-order valence-electron chi connectivity index (χ2n) is 5.08. The molecule has 0 heterocycles. The number of halogens is 2. The molecule has 6 heteroatoms. The molecule has 1 aliphatic carbocycles. The van der Waals surface area contributed by atoms with Gasteiger partial charge in [0, 0.05) is 5.56 Å². The molecule has 2 aromatic carbocycles. The molecule has 2 aromatic rings. The Kier molecular flexibility index (Phi) is 4.49. The summed E-state index contributed by atoms with van der Waals surface area (Å²) in [6.45, 7) is -0.117. The summed E-state index contributed by atoms with van der Waals surface area (Å²) in [6.07, 6.45) is 0. The van der Waals surface area contributed by atoms with E-state index in [9.17, 15) is 14.0 Å². The van der Waals surface area contributed by atoms with E-state index in [1.54, 1.807) is 18.2 Å². The summed E-state index contributed by atoms with van der Waals surface area (Å²) in [6, 6.07) is 10.3. The standard InChI is InChI=1S/C18H12BrFO4/c1-23-14-4-2-3-12-15(14)17(21)13(16(19)18(12)22)9-24-11-7-5-10(20)6-8-11/h2-8H,9H2,1H3. The van der Waals surface area contributed by atoms with E-state index in [2.05, 4.69) is 15.9 Å². The molecule has 0 radical (unpaired) electrons. The molecule has 0 aliphatic heterocycles. The van der Waals surface area contributed by atoms with Crippen LogP contribution in [-0.2, 0) is 0 Å². The predicted octanol–water partition coefficient (Wildman–Crippen LogP) is 3.94. The van der Waals surface area contributed by atoms with Gasteiger partial charge in [-0.05, 0) is 52.3 Å². The van der Waals surface area contributed by atoms with Crippen molar-refractivity contribution in [2.24, 2.45) is 0 Å². The molecule has 0 saturated heterocycles. The molecular weight excluding hydrogens is 379 g/mol. The number of methoxy groups -OCH3 is 1. The van der Waals surface area contributed by atoms with Crippen LogP contribution in [0.15, 0.2) is 52.5 Å². The van der Waals surface area contributed by atoms with Crippen LogP contribution in [-0.4, -0.2) is 25.3 Å². The molecule has 0 spiro atoms. The number of ether oxygens (including phenoxy) is 2. The Morgan fingerprint density at radius 3 is 2.42 bits per heavy atom. The highest BCUT2D eigenvalue weighted by Gasteiger charge is 2.33. The van der Waals surface area contributed by atoms with Crippen LogP contribution in [0.1, 0.15) is 20.7 Å². The number of Topliss-reactive ketones (excluding diaryl/α,β-unsaturated/α-hetero) is 2. The Hall–Kier alpha value is -2.47. The molecule has 0 aromatic heterocycles. The van der Waals surface area contributed by atoms with E-state index in [1.165, 1.54) is 31.4 Å². The fourth-order valence-electron chi connectivity index (χ4n) is 2.45. The number of benzene rings is 2. The number of hydrogen-bond acceptors (Lipinski definition) is 4. The van der Waals surface area contributed by atoms with E-state index in [1.807, 2.05) is 0 Å². The first-order valence-corrected chi connectivity index (χ1v) is 7.85. The van der Waals surface area contributed by atoms with Crippen molar-refractivity contribution >= 4 is 27.5 Å². The third kappa shape index (κ3) is 2.85. The van der Waals surface area contributed by atoms with Gasteiger partial charge in [-0.15, -0.1) is 0 Å². The monoisotopic (exact) mass is 390 g/mol. The quantitative estimate of drug-likeness (QED) is 0.793. The van der Waals surface area contributed by atoms with Crippen LogP contribution < -0.4 is 9.47 Å². The Labute approximate surface area is 146 Å². The van der Waals surface area contributed by atoms with Crippen LogP contribution in [0.4, 0.5) is 4.39 Å². The molecule has 0 N–H and O–H groups in total. The minimum atomic E-state index is -0.384. The minimum absolute atomic E-state index is 0.117. The van der Waals surface area contributed by atoms with Gasteiger partial charge in [0.25, 0.3) is 0 Å². The summed E-state index contributed by atoms with van der Waals surface area (Å²) in [5.41, 5.74) is 0.712. The van der Waals surface area contributed by atoms with Crippen LogP contribution in [0.2, 0.25) is 0 Å². The molecule has 1 aliphatic rings. The van der Waals surface area contributed by atoms with Gasteiger partial charge in [-0.25, -0.2) is 4.39 Å². The van der Waals surface area contributed by atoms with Crippen molar-refractivity contribution in [3.63, 3.8) is 0 Å². The first kappa shape index (κ1) is 16.4. The Morgan fingerprint density at radius 1 is 1.04 bits per heavy atom. The zero-order valence-electron chi connectivity index (χ0n) is 12.6. The maximum atomic E-state index is 12.9. The van der Waals surface area contributed by atoms with E-state index in [0.29, 0.717) is 11.5 Å². The zero-order chi connectivity index (χ0) is 17.3. The summed E-state index contributed by atoms with van der Waals surface area (Å²) in [4.78, 5) is 25.2. The van der Waals surface area contributed by atoms with Crippen molar-refractivity contribution in [2.45, 2.75) is 0 Å². The summed E-state index contributed by atoms with van der Waals surface area (Å²) >= 11 is 3.19. The smallest absolute Gasteiger partial charge is 0.201 e. The highest BCUT2D eigenvalue weighted by molar-refractivity contribution is 9.12. The fraction of sp³-hybridized carbons (Fsp3) is 0.111. The third-order valence-electron chi connectivity index (χ3n) is 3.65. The van der Waals surface area contributed by atoms with Crippen molar-refractivity contribution in [3.8, 4) is 11.5 Å². The Balaban J connectivity index is 1.93. The number of allylic oxidation sites excluding steroid dienone is 1. The highest BCUT2D eigenvalue weighted by atomic mass is 79.9. The van der Waals surface area contributed by atoms with Gasteiger partial charge in [-0.1, -0.05) is 6.07 Å². The van der Waals surface area contributed by atoms with Gasteiger partial charge in [-0.3, -0.25) is 9.59 Å². The van der Waals surface area contributed by atoms with E-state index in [-0.39, 0.29) is 45.2 Å². The van der Waals surface area contributed by atoms with Crippen molar-refractivity contribution in [3.05, 3.63) is 69.5 Å². The molecule has 4 nitrogen and oxygen atoms in total. The Bertz CT molecular complexity index is 856. The fourth-order valence-corrected chi connectivity index (χ4v) is 2.95. The average Bonchev–Trinajstić information content (AvgIpc) is 2.60. The van der Waals surface area contributed by atoms with Gasteiger partial charge in [0.15, 0.2) is 5.78 Å². The maximum Gasteiger partial charge on any atom is 0.201 e. The highest BCUT2D eigenvalue weighted by Crippen LogP contribution is 2.35. The molecule has 0 saturated carbocycles. The lowest BCUT2D eigenvalue weighted by Crippen LogP contribution is -2.24. The summed E-state index contributed by atoms with van der Waals surface area (Å²) in [7, 11) is 1.44. The molecule has 0 atom stereocenters. The first-order valence-electron chi connectivity index (χ1n) is 7.06. The van der Waals surface area contributed by atoms with E-state index >= 15 is 0 Å². The SMILES string of the molecule is COc1cccc2c1C(=O)C(COc1ccc(F)cc1)=C(Br)C2=O. The van der Waals surface area contributed by atoms with Crippen LogP contribution in [0.25, 0.3) is 0 Å². The lowest BCUT2D eigenvalue weighted by molar-refractivity contribution is 0.0969. The second-order valence-corrected chi connectivity index (χ2v) is 5.87. The van der Waals surface area contributed by atoms with Crippen molar-refractivity contribution in [1.29, 1.82) is 0 Å². The van der Waals surface area contributed by atoms with Gasteiger partial charge in [0.2, 0.25) is 5.78 Å². The van der Waals surface area contributed by atoms with E-state index in [4.69, 9.17) is 9.47 Å². The Morgan fingerprint density at radius 2 is 1.75 bits per heavy atom. The molecule has 3 rings (SSSR count). The number of ketones is 2. The van der Waals surface area contributed by atoms with Gasteiger partial charge in [-0.2, -0.15) is 0 Å². The summed E-state index contributed by atoms with van der Waals surface area (Å²) < 4.78 is 23.8. The van der Waals surface area contributed by atoms with Crippen molar-refractivity contribution < 1.29 is 23.5 Å². The second kappa shape index (κ2) is 6.57. The van der Waals surface area contributed by atoms with E-state index in [0.717, 1.165) is 0 Å². The van der Waals surface area contributed by atoms with Gasteiger partial charge >= 0.3 is 0 Å². The largest absolute Gasteiger partial charge is 0.496 e.